The quantitative estimate of drug-likeness (QED) is 0.466. The summed E-state index contributed by atoms with van der Waals surface area (Å²) in [5.41, 5.74) is 0. The first kappa shape index (κ1) is 5.56. The standard InChI is InChI=1S/C5H9NO2/c7-3-4-1-5(8)6-2-4/h4,7H,1-3H2,(H,6,8)/t4-/m0/s1. The van der Waals surface area contributed by atoms with E-state index in [1.54, 1.807) is 0 Å². The second-order valence-electron chi connectivity index (χ2n) is 2.06. The maximum absolute atomic E-state index is 10.4. The molecule has 1 aliphatic heterocycles. The van der Waals surface area contributed by atoms with Gasteiger partial charge in [-0.1, -0.05) is 0 Å². The molecule has 1 aliphatic rings. The molecule has 3 heteroatoms. The van der Waals surface area contributed by atoms with Gasteiger partial charge in [-0.15, -0.1) is 0 Å². The minimum atomic E-state index is 0.0593. The Morgan fingerprint density at radius 3 is 2.88 bits per heavy atom. The molecule has 1 fully saturated rings. The van der Waals surface area contributed by atoms with Crippen molar-refractivity contribution in [3.05, 3.63) is 0 Å². The van der Waals surface area contributed by atoms with E-state index < -0.39 is 0 Å². The van der Waals surface area contributed by atoms with Gasteiger partial charge in [-0.3, -0.25) is 4.79 Å². The van der Waals surface area contributed by atoms with Gasteiger partial charge in [0.2, 0.25) is 5.91 Å². The van der Waals surface area contributed by atoms with Crippen molar-refractivity contribution < 1.29 is 9.90 Å². The zero-order chi connectivity index (χ0) is 5.98. The molecule has 3 nitrogen and oxygen atoms in total. The van der Waals surface area contributed by atoms with Gasteiger partial charge >= 0.3 is 0 Å². The van der Waals surface area contributed by atoms with Gasteiger partial charge in [0.25, 0.3) is 0 Å². The molecular formula is C5H9NO2. The topological polar surface area (TPSA) is 49.3 Å². The van der Waals surface area contributed by atoms with Gasteiger partial charge in [0.15, 0.2) is 0 Å². The molecule has 0 aromatic rings. The largest absolute Gasteiger partial charge is 0.396 e. The van der Waals surface area contributed by atoms with E-state index in [-0.39, 0.29) is 18.4 Å². The molecular weight excluding hydrogens is 106 g/mol. The van der Waals surface area contributed by atoms with Crippen LogP contribution in [0, 0.1) is 5.92 Å². The summed E-state index contributed by atoms with van der Waals surface area (Å²) in [6, 6.07) is 0. The predicted octanol–water partition coefficient (Wildman–Crippen LogP) is -0.885. The molecule has 0 aromatic carbocycles. The Morgan fingerprint density at radius 2 is 2.62 bits per heavy atom. The van der Waals surface area contributed by atoms with Gasteiger partial charge < -0.3 is 10.4 Å². The maximum atomic E-state index is 10.4. The van der Waals surface area contributed by atoms with Crippen LogP contribution in [0.4, 0.5) is 0 Å². The van der Waals surface area contributed by atoms with Crippen molar-refractivity contribution in [1.29, 1.82) is 0 Å². The van der Waals surface area contributed by atoms with E-state index in [4.69, 9.17) is 5.11 Å². The summed E-state index contributed by atoms with van der Waals surface area (Å²) in [7, 11) is 0. The lowest BCUT2D eigenvalue weighted by molar-refractivity contribution is -0.119. The first-order chi connectivity index (χ1) is 3.83. The van der Waals surface area contributed by atoms with Crippen LogP contribution in [-0.2, 0) is 4.79 Å². The molecule has 1 heterocycles. The van der Waals surface area contributed by atoms with Crippen LogP contribution in [-0.4, -0.2) is 24.2 Å². The van der Waals surface area contributed by atoms with Crippen LogP contribution in [0.3, 0.4) is 0 Å². The highest BCUT2D eigenvalue weighted by atomic mass is 16.3. The van der Waals surface area contributed by atoms with Crippen LogP contribution < -0.4 is 5.32 Å². The number of carbonyl (C=O) groups is 1. The summed E-state index contributed by atoms with van der Waals surface area (Å²) in [4.78, 5) is 10.4. The number of aliphatic hydroxyl groups is 1. The molecule has 1 amide bonds. The van der Waals surface area contributed by atoms with Crippen LogP contribution in [0.25, 0.3) is 0 Å². The first-order valence-corrected chi connectivity index (χ1v) is 2.70. The summed E-state index contributed by atoms with van der Waals surface area (Å²) in [5, 5.41) is 11.1. The van der Waals surface area contributed by atoms with E-state index in [1.165, 1.54) is 0 Å². The zero-order valence-electron chi connectivity index (χ0n) is 4.55. The predicted molar refractivity (Wildman–Crippen MR) is 28.2 cm³/mol. The Hall–Kier alpha value is -0.570. The fourth-order valence-corrected chi connectivity index (χ4v) is 0.794. The molecule has 1 saturated heterocycles. The molecule has 0 saturated carbocycles. The van der Waals surface area contributed by atoms with Crippen molar-refractivity contribution >= 4 is 5.91 Å². The van der Waals surface area contributed by atoms with Gasteiger partial charge in [0, 0.05) is 25.5 Å². The number of amides is 1. The normalized spacial score (nSPS) is 28.1. The third-order valence-corrected chi connectivity index (χ3v) is 1.32. The average Bonchev–Trinajstić information content (AvgIpc) is 2.14. The number of carbonyl (C=O) groups excluding carboxylic acids is 1. The maximum Gasteiger partial charge on any atom is 0.220 e. The Morgan fingerprint density at radius 1 is 1.88 bits per heavy atom. The smallest absolute Gasteiger partial charge is 0.220 e. The Labute approximate surface area is 47.7 Å². The second kappa shape index (κ2) is 2.13. The van der Waals surface area contributed by atoms with E-state index in [0.29, 0.717) is 13.0 Å². The van der Waals surface area contributed by atoms with Crippen molar-refractivity contribution in [2.24, 2.45) is 5.92 Å². The molecule has 1 atom stereocenters. The fourth-order valence-electron chi connectivity index (χ4n) is 0.794. The summed E-state index contributed by atoms with van der Waals surface area (Å²) >= 11 is 0. The average molecular weight is 115 g/mol. The molecule has 0 unspecified atom stereocenters. The van der Waals surface area contributed by atoms with Crippen molar-refractivity contribution in [2.75, 3.05) is 13.2 Å². The lowest BCUT2D eigenvalue weighted by Crippen LogP contribution is -2.14. The van der Waals surface area contributed by atoms with E-state index in [1.807, 2.05) is 0 Å². The SMILES string of the molecule is O=C1C[C@H](CO)CN1. The Bertz CT molecular complexity index is 103. The minimum Gasteiger partial charge on any atom is -0.396 e. The summed E-state index contributed by atoms with van der Waals surface area (Å²) in [6.07, 6.45) is 0.497. The van der Waals surface area contributed by atoms with Crippen molar-refractivity contribution in [2.45, 2.75) is 6.42 Å². The third kappa shape index (κ3) is 0.980. The van der Waals surface area contributed by atoms with Crippen molar-refractivity contribution in [3.8, 4) is 0 Å². The highest BCUT2D eigenvalue weighted by Crippen LogP contribution is 2.05. The molecule has 8 heavy (non-hydrogen) atoms. The van der Waals surface area contributed by atoms with E-state index in [0.717, 1.165) is 0 Å². The van der Waals surface area contributed by atoms with Gasteiger partial charge in [-0.05, 0) is 0 Å². The van der Waals surface area contributed by atoms with Crippen molar-refractivity contribution in [3.63, 3.8) is 0 Å². The number of rotatable bonds is 1. The number of nitrogens with one attached hydrogen (secondary N) is 1. The first-order valence-electron chi connectivity index (χ1n) is 2.70. The molecule has 0 bridgehead atoms. The minimum absolute atomic E-state index is 0.0593. The molecule has 46 valence electrons. The lowest BCUT2D eigenvalue weighted by atomic mass is 10.1. The number of hydrogen-bond donors (Lipinski definition) is 2. The van der Waals surface area contributed by atoms with Crippen LogP contribution in [0.1, 0.15) is 6.42 Å². The summed E-state index contributed by atoms with van der Waals surface area (Å²) < 4.78 is 0. The summed E-state index contributed by atoms with van der Waals surface area (Å²) in [6.45, 7) is 0.772. The van der Waals surface area contributed by atoms with E-state index in [2.05, 4.69) is 5.32 Å². The molecule has 1 rings (SSSR count). The zero-order valence-corrected chi connectivity index (χ0v) is 4.55. The lowest BCUT2D eigenvalue weighted by Gasteiger charge is -1.96. The highest BCUT2D eigenvalue weighted by molar-refractivity contribution is 5.78. The van der Waals surface area contributed by atoms with E-state index >= 15 is 0 Å². The fraction of sp³-hybridized carbons (Fsp3) is 0.800. The van der Waals surface area contributed by atoms with Crippen molar-refractivity contribution in [1.82, 2.24) is 5.32 Å². The van der Waals surface area contributed by atoms with Gasteiger partial charge in [0.05, 0.1) is 0 Å². The Kier molecular flexibility index (Phi) is 1.48. The monoisotopic (exact) mass is 115 g/mol. The molecule has 0 radical (unpaired) electrons. The highest BCUT2D eigenvalue weighted by Gasteiger charge is 2.19. The van der Waals surface area contributed by atoms with Crippen LogP contribution in [0.2, 0.25) is 0 Å². The van der Waals surface area contributed by atoms with Gasteiger partial charge in [-0.25, -0.2) is 0 Å². The van der Waals surface area contributed by atoms with E-state index in [9.17, 15) is 4.79 Å². The molecule has 2 N–H and O–H groups in total. The van der Waals surface area contributed by atoms with Crippen LogP contribution in [0.15, 0.2) is 0 Å². The Balaban J connectivity index is 2.32. The summed E-state index contributed by atoms with van der Waals surface area (Å²) in [5.74, 6) is 0.228. The number of hydrogen-bond acceptors (Lipinski definition) is 2. The van der Waals surface area contributed by atoms with Gasteiger partial charge in [0.1, 0.15) is 0 Å². The number of aliphatic hydroxyl groups excluding tert-OH is 1. The molecule has 0 aromatic heterocycles. The van der Waals surface area contributed by atoms with Crippen LogP contribution in [0.5, 0.6) is 0 Å². The molecule has 0 spiro atoms. The second-order valence-corrected chi connectivity index (χ2v) is 2.06. The molecule has 0 aliphatic carbocycles. The van der Waals surface area contributed by atoms with Gasteiger partial charge in [-0.2, -0.15) is 0 Å². The third-order valence-electron chi connectivity index (χ3n) is 1.32. The van der Waals surface area contributed by atoms with Crippen LogP contribution >= 0.6 is 0 Å².